The van der Waals surface area contributed by atoms with E-state index in [1.807, 2.05) is 24.0 Å². The predicted molar refractivity (Wildman–Crippen MR) is 63.1 cm³/mol. The maximum atomic E-state index is 11.9. The van der Waals surface area contributed by atoms with Crippen LogP contribution in [0.15, 0.2) is 12.2 Å². The van der Waals surface area contributed by atoms with Gasteiger partial charge in [-0.25, -0.2) is 0 Å². The van der Waals surface area contributed by atoms with Crippen molar-refractivity contribution in [2.75, 3.05) is 19.7 Å². The number of carbonyl (C=O) groups excluding carboxylic acids is 1. The zero-order valence-electron chi connectivity index (χ0n) is 10.0. The van der Waals surface area contributed by atoms with E-state index >= 15 is 0 Å². The van der Waals surface area contributed by atoms with Crippen LogP contribution in [-0.2, 0) is 9.53 Å². The van der Waals surface area contributed by atoms with E-state index < -0.39 is 0 Å². The molecule has 0 radical (unpaired) electrons. The van der Waals surface area contributed by atoms with E-state index in [1.54, 1.807) is 0 Å². The summed E-state index contributed by atoms with van der Waals surface area (Å²) in [5.74, 6) is 0.702. The van der Waals surface area contributed by atoms with Crippen molar-refractivity contribution in [1.29, 1.82) is 0 Å². The second-order valence-electron chi connectivity index (χ2n) is 4.73. The fourth-order valence-corrected chi connectivity index (χ4v) is 2.15. The Kier molecular flexibility index (Phi) is 3.99. The Morgan fingerprint density at radius 2 is 2.25 bits per heavy atom. The summed E-state index contributed by atoms with van der Waals surface area (Å²) in [5.41, 5.74) is 0. The molecule has 1 saturated carbocycles. The van der Waals surface area contributed by atoms with Crippen molar-refractivity contribution >= 4 is 5.91 Å². The SMILES string of the molecule is C/C=C\COC1CCCN(C(=O)C2CC2)C1. The molecule has 2 fully saturated rings. The number of amides is 1. The summed E-state index contributed by atoms with van der Waals surface area (Å²) in [6.45, 7) is 4.39. The lowest BCUT2D eigenvalue weighted by Crippen LogP contribution is -2.43. The van der Waals surface area contributed by atoms with Gasteiger partial charge >= 0.3 is 0 Å². The van der Waals surface area contributed by atoms with Crippen LogP contribution in [0.5, 0.6) is 0 Å². The molecule has 1 atom stereocenters. The molecule has 1 unspecified atom stereocenters. The maximum absolute atomic E-state index is 11.9. The predicted octanol–water partition coefficient (Wildman–Crippen LogP) is 1.98. The van der Waals surface area contributed by atoms with E-state index in [0.29, 0.717) is 18.4 Å². The molecule has 0 aromatic heterocycles. The highest BCUT2D eigenvalue weighted by molar-refractivity contribution is 5.81. The molecule has 3 heteroatoms. The van der Waals surface area contributed by atoms with Crippen molar-refractivity contribution in [3.8, 4) is 0 Å². The first kappa shape index (κ1) is 11.6. The number of nitrogens with zero attached hydrogens (tertiary/aromatic N) is 1. The van der Waals surface area contributed by atoms with Crippen LogP contribution in [0, 0.1) is 5.92 Å². The molecule has 1 amide bonds. The standard InChI is InChI=1S/C13H21NO2/c1-2-3-9-16-12-5-4-8-14(10-12)13(15)11-6-7-11/h2-3,11-12H,4-10H2,1H3/b3-2-. The van der Waals surface area contributed by atoms with Gasteiger partial charge in [-0.1, -0.05) is 12.2 Å². The number of piperidine rings is 1. The summed E-state index contributed by atoms with van der Waals surface area (Å²) < 4.78 is 5.72. The first-order valence-electron chi connectivity index (χ1n) is 6.33. The van der Waals surface area contributed by atoms with Crippen LogP contribution in [0.1, 0.15) is 32.6 Å². The van der Waals surface area contributed by atoms with Crippen LogP contribution in [0.3, 0.4) is 0 Å². The molecular weight excluding hydrogens is 202 g/mol. The summed E-state index contributed by atoms with van der Waals surface area (Å²) in [7, 11) is 0. The largest absolute Gasteiger partial charge is 0.372 e. The van der Waals surface area contributed by atoms with Crippen molar-refractivity contribution in [2.45, 2.75) is 38.7 Å². The minimum Gasteiger partial charge on any atom is -0.372 e. The molecule has 2 rings (SSSR count). The quantitative estimate of drug-likeness (QED) is 0.682. The van der Waals surface area contributed by atoms with Gasteiger partial charge < -0.3 is 9.64 Å². The molecule has 0 bridgehead atoms. The lowest BCUT2D eigenvalue weighted by atomic mass is 10.1. The molecular formula is C13H21NO2. The van der Waals surface area contributed by atoms with E-state index in [0.717, 1.165) is 38.8 Å². The van der Waals surface area contributed by atoms with Gasteiger partial charge in [0.2, 0.25) is 5.91 Å². The van der Waals surface area contributed by atoms with Crippen molar-refractivity contribution in [1.82, 2.24) is 4.90 Å². The molecule has 0 aromatic carbocycles. The topological polar surface area (TPSA) is 29.5 Å². The van der Waals surface area contributed by atoms with Gasteiger partial charge in [0, 0.05) is 19.0 Å². The second kappa shape index (κ2) is 5.48. The van der Waals surface area contributed by atoms with Crippen LogP contribution >= 0.6 is 0 Å². The second-order valence-corrected chi connectivity index (χ2v) is 4.73. The monoisotopic (exact) mass is 223 g/mol. The molecule has 16 heavy (non-hydrogen) atoms. The molecule has 0 spiro atoms. The Labute approximate surface area is 97.5 Å². The molecule has 1 aliphatic heterocycles. The molecule has 0 aromatic rings. The lowest BCUT2D eigenvalue weighted by Gasteiger charge is -2.32. The Morgan fingerprint density at radius 1 is 1.44 bits per heavy atom. The van der Waals surface area contributed by atoms with Gasteiger partial charge in [0.05, 0.1) is 12.7 Å². The number of rotatable bonds is 4. The molecule has 1 aliphatic carbocycles. The van der Waals surface area contributed by atoms with E-state index in [4.69, 9.17) is 4.74 Å². The molecule has 0 N–H and O–H groups in total. The van der Waals surface area contributed by atoms with Crippen LogP contribution < -0.4 is 0 Å². The van der Waals surface area contributed by atoms with Gasteiger partial charge in [0.25, 0.3) is 0 Å². The zero-order valence-corrected chi connectivity index (χ0v) is 10.0. The third-order valence-electron chi connectivity index (χ3n) is 3.28. The first-order chi connectivity index (χ1) is 7.81. The summed E-state index contributed by atoms with van der Waals surface area (Å²) in [4.78, 5) is 13.9. The minimum atomic E-state index is 0.243. The molecule has 1 saturated heterocycles. The minimum absolute atomic E-state index is 0.243. The average molecular weight is 223 g/mol. The third kappa shape index (κ3) is 3.08. The Morgan fingerprint density at radius 3 is 2.94 bits per heavy atom. The van der Waals surface area contributed by atoms with E-state index in [9.17, 15) is 4.79 Å². The zero-order chi connectivity index (χ0) is 11.4. The normalized spacial score (nSPS) is 26.3. The summed E-state index contributed by atoms with van der Waals surface area (Å²) in [6, 6.07) is 0. The average Bonchev–Trinajstić information content (AvgIpc) is 3.13. The molecule has 3 nitrogen and oxygen atoms in total. The first-order valence-corrected chi connectivity index (χ1v) is 6.33. The molecule has 2 aliphatic rings. The van der Waals surface area contributed by atoms with Crippen LogP contribution in [0.25, 0.3) is 0 Å². The smallest absolute Gasteiger partial charge is 0.225 e. The fourth-order valence-electron chi connectivity index (χ4n) is 2.15. The number of allylic oxidation sites excluding steroid dienone is 1. The fraction of sp³-hybridized carbons (Fsp3) is 0.769. The van der Waals surface area contributed by atoms with E-state index in [-0.39, 0.29) is 6.10 Å². The number of carbonyl (C=O) groups is 1. The number of likely N-dealkylation sites (tertiary alicyclic amines) is 1. The van der Waals surface area contributed by atoms with Gasteiger partial charge in [-0.05, 0) is 32.6 Å². The van der Waals surface area contributed by atoms with Crippen molar-refractivity contribution in [2.24, 2.45) is 5.92 Å². The van der Waals surface area contributed by atoms with Crippen LogP contribution in [0.2, 0.25) is 0 Å². The Hall–Kier alpha value is -0.830. The number of hydrogen-bond donors (Lipinski definition) is 0. The van der Waals surface area contributed by atoms with Crippen molar-refractivity contribution in [3.05, 3.63) is 12.2 Å². The van der Waals surface area contributed by atoms with Gasteiger partial charge in [-0.15, -0.1) is 0 Å². The van der Waals surface area contributed by atoms with Crippen LogP contribution in [-0.4, -0.2) is 36.6 Å². The Bertz CT molecular complexity index is 271. The lowest BCUT2D eigenvalue weighted by molar-refractivity contribution is -0.136. The number of hydrogen-bond acceptors (Lipinski definition) is 2. The maximum Gasteiger partial charge on any atom is 0.225 e. The van der Waals surface area contributed by atoms with E-state index in [2.05, 4.69) is 0 Å². The summed E-state index contributed by atoms with van der Waals surface area (Å²) in [5, 5.41) is 0. The van der Waals surface area contributed by atoms with Crippen molar-refractivity contribution in [3.63, 3.8) is 0 Å². The number of ether oxygens (including phenoxy) is 1. The third-order valence-corrected chi connectivity index (χ3v) is 3.28. The van der Waals surface area contributed by atoms with Crippen LogP contribution in [0.4, 0.5) is 0 Å². The van der Waals surface area contributed by atoms with Crippen molar-refractivity contribution < 1.29 is 9.53 Å². The molecule has 1 heterocycles. The van der Waals surface area contributed by atoms with Gasteiger partial charge in [0.1, 0.15) is 0 Å². The van der Waals surface area contributed by atoms with Gasteiger partial charge in [-0.2, -0.15) is 0 Å². The van der Waals surface area contributed by atoms with Gasteiger partial charge in [-0.3, -0.25) is 4.79 Å². The van der Waals surface area contributed by atoms with Gasteiger partial charge in [0.15, 0.2) is 0 Å². The highest BCUT2D eigenvalue weighted by atomic mass is 16.5. The highest BCUT2D eigenvalue weighted by Crippen LogP contribution is 2.32. The molecule has 90 valence electrons. The summed E-state index contributed by atoms with van der Waals surface area (Å²) >= 11 is 0. The Balaban J connectivity index is 1.76. The van der Waals surface area contributed by atoms with E-state index in [1.165, 1.54) is 0 Å². The highest BCUT2D eigenvalue weighted by Gasteiger charge is 2.35. The summed E-state index contributed by atoms with van der Waals surface area (Å²) in [6.07, 6.45) is 8.62.